The van der Waals surface area contributed by atoms with E-state index in [0.717, 1.165) is 139 Å². The lowest BCUT2D eigenvalue weighted by Gasteiger charge is -2.25. The molecule has 15 rings (SSSR count). The van der Waals surface area contributed by atoms with Crippen LogP contribution in [-0.2, 0) is 0 Å². The van der Waals surface area contributed by atoms with Gasteiger partial charge in [0.2, 0.25) is 35.3 Å². The second kappa shape index (κ2) is 34.0. The lowest BCUT2D eigenvalue weighted by Crippen LogP contribution is -2.25. The van der Waals surface area contributed by atoms with E-state index in [0.29, 0.717) is 71.5 Å². The Bertz CT molecular complexity index is 4440. The molecule has 0 amide bonds. The van der Waals surface area contributed by atoms with E-state index in [4.69, 9.17) is 23.7 Å². The van der Waals surface area contributed by atoms with E-state index in [1.165, 1.54) is 70.4 Å². The van der Waals surface area contributed by atoms with Gasteiger partial charge in [0.25, 0.3) is 0 Å². The molecule has 3 aliphatic carbocycles. The van der Waals surface area contributed by atoms with Crippen molar-refractivity contribution >= 4 is 65.4 Å². The topological polar surface area (TPSA) is 305 Å². The number of halogens is 3. The van der Waals surface area contributed by atoms with Crippen molar-refractivity contribution < 1.29 is 41.6 Å². The molecule has 12 aromatic heterocycles. The van der Waals surface area contributed by atoms with Gasteiger partial charge in [-0.3, -0.25) is 30.6 Å². The first-order valence-electron chi connectivity index (χ1n) is 34.1. The molecule has 0 saturated heterocycles. The van der Waals surface area contributed by atoms with Crippen LogP contribution in [0.5, 0.6) is 35.3 Å². The third-order valence-electron chi connectivity index (χ3n) is 17.1. The minimum Gasteiger partial charge on any atom is -0.477 e. The number of H-pyrrole nitrogens is 6. The Hall–Kier alpha value is -9.69. The Labute approximate surface area is 566 Å². The van der Waals surface area contributed by atoms with E-state index in [2.05, 4.69) is 124 Å². The van der Waals surface area contributed by atoms with Crippen LogP contribution in [0.15, 0.2) is 73.6 Å². The van der Waals surface area contributed by atoms with Crippen molar-refractivity contribution in [2.45, 2.75) is 184 Å². The quantitative estimate of drug-likeness (QED) is 0.0490. The van der Waals surface area contributed by atoms with Crippen LogP contribution < -0.4 is 28.4 Å². The molecule has 3 aliphatic rings. The largest absolute Gasteiger partial charge is 0.477 e. The van der Waals surface area contributed by atoms with Gasteiger partial charge < -0.3 is 28.4 Å². The smallest absolute Gasteiger partial charge is 0.422 e. The Kier molecular flexibility index (Phi) is 24.7. The first-order chi connectivity index (χ1) is 47.4. The number of hydrogen-bond acceptors (Lipinski definition) is 18. The van der Waals surface area contributed by atoms with Gasteiger partial charge in [-0.2, -0.15) is 43.8 Å². The molecule has 0 aliphatic heterocycles. The lowest BCUT2D eigenvalue weighted by atomic mass is 9.90. The van der Waals surface area contributed by atoms with E-state index < -0.39 is 12.8 Å². The van der Waals surface area contributed by atoms with E-state index in [1.54, 1.807) is 44.0 Å². The Balaban J connectivity index is 0.000000128. The van der Waals surface area contributed by atoms with Crippen LogP contribution in [0.3, 0.4) is 0 Å². The van der Waals surface area contributed by atoms with E-state index in [1.807, 2.05) is 65.0 Å². The van der Waals surface area contributed by atoms with E-state index >= 15 is 0 Å². The molecule has 27 heteroatoms. The van der Waals surface area contributed by atoms with Gasteiger partial charge >= 0.3 is 6.18 Å². The van der Waals surface area contributed by atoms with Gasteiger partial charge in [-0.25, -0.2) is 29.9 Å². The van der Waals surface area contributed by atoms with Crippen molar-refractivity contribution in [3.05, 3.63) is 108 Å². The number of nitrogens with one attached hydrogen (secondary N) is 6. The lowest BCUT2D eigenvalue weighted by molar-refractivity contribution is -0.153. The molecule has 0 aromatic carbocycles. The van der Waals surface area contributed by atoms with Gasteiger partial charge in [0.05, 0.1) is 85.2 Å². The van der Waals surface area contributed by atoms with Gasteiger partial charge in [0.1, 0.15) is 12.2 Å². The SMILES string of the molecule is Cc1[nH]nc2ccnc(OC3CCC3)c12.Cc1[nH]nc2ccnc(OC3CCCCCC3)c12.Cc1[nH]nc2ccnc(OCC(C)C)c12.Cc1[nH]nc2ccnc(OCC(F)(F)F)c12.Cc1[nH]nc2ccnc(OCC3CCCCC3)c12.Cc1[nH]nc2ccnc(OCCC(C)C)c12. The molecular weight excluding hydrogens is 1260 g/mol. The number of fused-ring (bicyclic) bond motifs is 6. The van der Waals surface area contributed by atoms with Crippen molar-refractivity contribution in [3.8, 4) is 35.3 Å². The molecule has 522 valence electrons. The van der Waals surface area contributed by atoms with Gasteiger partial charge in [-0.15, -0.1) is 0 Å². The fourth-order valence-corrected chi connectivity index (χ4v) is 11.6. The number of nitrogens with zero attached hydrogens (tertiary/aromatic N) is 12. The summed E-state index contributed by atoms with van der Waals surface area (Å²) in [5.41, 5.74) is 10.8. The molecule has 12 aromatic rings. The van der Waals surface area contributed by atoms with Crippen molar-refractivity contribution in [2.75, 3.05) is 26.4 Å². The van der Waals surface area contributed by atoms with Crippen molar-refractivity contribution in [2.24, 2.45) is 17.8 Å². The summed E-state index contributed by atoms with van der Waals surface area (Å²) in [5, 5.41) is 47.9. The van der Waals surface area contributed by atoms with E-state index in [9.17, 15) is 13.2 Å². The Morgan fingerprint density at radius 1 is 0.378 bits per heavy atom. The molecule has 98 heavy (non-hydrogen) atoms. The highest BCUT2D eigenvalue weighted by molar-refractivity contribution is 5.89. The molecule has 0 spiro atoms. The average molecular weight is 1350 g/mol. The average Bonchev–Trinajstić information content (AvgIpc) is 1.90. The second-order valence-electron chi connectivity index (χ2n) is 26.0. The van der Waals surface area contributed by atoms with Crippen molar-refractivity contribution in [1.82, 2.24) is 91.1 Å². The summed E-state index contributed by atoms with van der Waals surface area (Å²) in [6.07, 6.45) is 25.1. The zero-order valence-electron chi connectivity index (χ0n) is 57.7. The number of aryl methyl sites for hydroxylation is 6. The number of aromatic nitrogens is 18. The molecule has 0 radical (unpaired) electrons. The zero-order chi connectivity index (χ0) is 69.1. The molecule has 6 N–H and O–H groups in total. The maximum absolute atomic E-state index is 12.0. The summed E-state index contributed by atoms with van der Waals surface area (Å²) >= 11 is 0. The summed E-state index contributed by atoms with van der Waals surface area (Å²) < 4.78 is 69.8. The van der Waals surface area contributed by atoms with Gasteiger partial charge in [0, 0.05) is 71.3 Å². The zero-order valence-corrected chi connectivity index (χ0v) is 57.7. The number of hydrogen-bond donors (Lipinski definition) is 6. The third kappa shape index (κ3) is 19.1. The molecule has 0 bridgehead atoms. The molecule has 0 atom stereocenters. The number of alkyl halides is 3. The van der Waals surface area contributed by atoms with Gasteiger partial charge in [-0.05, 0) is 160 Å². The van der Waals surface area contributed by atoms with Crippen LogP contribution in [0.25, 0.3) is 65.4 Å². The summed E-state index contributed by atoms with van der Waals surface area (Å²) in [7, 11) is 0. The summed E-state index contributed by atoms with van der Waals surface area (Å²) in [6, 6.07) is 11.1. The molecule has 0 unspecified atom stereocenters. The van der Waals surface area contributed by atoms with Crippen molar-refractivity contribution in [1.29, 1.82) is 0 Å². The number of pyridine rings is 6. The van der Waals surface area contributed by atoms with Crippen LogP contribution in [0.4, 0.5) is 13.2 Å². The standard InChI is InChI=1S/2C14H19N3O.C12H17N3O.C11H13N3O.C11H15N3O.C9H8F3N3O/c1-10-13-12(17-16-10)7-8-15-14(13)18-9-11-5-3-2-4-6-11;1-10-13-12(17-16-10)8-9-15-14(13)18-11-6-4-2-3-5-7-11;1-8(2)5-7-16-12-11-9(3)14-15-10(11)4-6-13-12;1-7-10-9(14-13-7)5-6-12-11(10)15-8-3-2-4-8;1-7(2)6-15-11-10-8(3)13-14-9(10)4-5-12-11;1-5-7-6(15-14-5)2-3-13-8(7)16-4-9(10,11)12/h7-8,11H,2-6,9H2,1H3,(H,16,17);8-9,11H,2-7H2,1H3,(H,16,17);4,6,8H,5,7H2,1-3H3,(H,14,15);5-6,8H,2-4H2,1H3,(H,13,14);4-5,7H,6H2,1-3H3,(H,13,14);2-3H,4H2,1H3,(H,14,15). The van der Waals surface area contributed by atoms with Crippen LogP contribution in [-0.4, -0.2) is 136 Å². The highest BCUT2D eigenvalue weighted by Gasteiger charge is 2.30. The monoisotopic (exact) mass is 1350 g/mol. The Morgan fingerprint density at radius 3 is 1.02 bits per heavy atom. The first kappa shape index (κ1) is 71.1. The predicted molar refractivity (Wildman–Crippen MR) is 371 cm³/mol. The third-order valence-corrected chi connectivity index (χ3v) is 17.1. The highest BCUT2D eigenvalue weighted by Crippen LogP contribution is 2.34. The fourth-order valence-electron chi connectivity index (χ4n) is 11.6. The highest BCUT2D eigenvalue weighted by atomic mass is 19.4. The van der Waals surface area contributed by atoms with Gasteiger partial charge in [-0.1, -0.05) is 59.8 Å². The minimum absolute atomic E-state index is 0.0546. The van der Waals surface area contributed by atoms with Crippen LogP contribution in [0.2, 0.25) is 0 Å². The van der Waals surface area contributed by atoms with E-state index in [-0.39, 0.29) is 5.88 Å². The Morgan fingerprint density at radius 2 is 0.684 bits per heavy atom. The molecular formula is C71H91F3N18O6. The second-order valence-corrected chi connectivity index (χ2v) is 26.0. The maximum atomic E-state index is 12.0. The molecule has 3 fully saturated rings. The summed E-state index contributed by atoms with van der Waals surface area (Å²) in [5.74, 6) is 5.33. The van der Waals surface area contributed by atoms with Crippen LogP contribution in [0.1, 0.15) is 158 Å². The van der Waals surface area contributed by atoms with Crippen LogP contribution >= 0.6 is 0 Å². The first-order valence-corrected chi connectivity index (χ1v) is 34.1. The summed E-state index contributed by atoms with van der Waals surface area (Å²) in [4.78, 5) is 25.2. The predicted octanol–water partition coefficient (Wildman–Crippen LogP) is 16.0. The van der Waals surface area contributed by atoms with Crippen LogP contribution in [0, 0.1) is 59.3 Å². The maximum Gasteiger partial charge on any atom is 0.422 e. The normalized spacial score (nSPS) is 14.5. The summed E-state index contributed by atoms with van der Waals surface area (Å²) in [6.45, 7) is 21.0. The fraction of sp³-hybridized carbons (Fsp3) is 0.493. The minimum atomic E-state index is -4.37. The van der Waals surface area contributed by atoms with Gasteiger partial charge in [0.15, 0.2) is 6.61 Å². The molecule has 3 saturated carbocycles. The molecule has 24 nitrogen and oxygen atoms in total. The number of rotatable bonds is 16. The number of ether oxygens (including phenoxy) is 6. The van der Waals surface area contributed by atoms with Crippen molar-refractivity contribution in [3.63, 3.8) is 0 Å². The molecule has 12 heterocycles. The number of aromatic amines is 6.